The third kappa shape index (κ3) is 4.30. The number of rotatable bonds is 4. The smallest absolute Gasteiger partial charge is 0.256 e. The molecular formula is C16H12IN3O2. The molecule has 2 rings (SSSR count). The van der Waals surface area contributed by atoms with Crippen LogP contribution in [0, 0.1) is 14.9 Å². The van der Waals surface area contributed by atoms with Crippen molar-refractivity contribution in [2.75, 3.05) is 10.6 Å². The molecule has 2 N–H and O–H groups in total. The number of carbonyl (C=O) groups is 2. The van der Waals surface area contributed by atoms with Crippen molar-refractivity contribution in [3.63, 3.8) is 0 Å². The largest absolute Gasteiger partial charge is 0.325 e. The minimum atomic E-state index is -0.363. The zero-order valence-electron chi connectivity index (χ0n) is 11.5. The molecule has 2 aromatic carbocycles. The van der Waals surface area contributed by atoms with E-state index in [0.29, 0.717) is 16.9 Å². The molecule has 6 heteroatoms. The third-order valence-electron chi connectivity index (χ3n) is 2.78. The summed E-state index contributed by atoms with van der Waals surface area (Å²) in [6.45, 7) is 0. The van der Waals surface area contributed by atoms with E-state index in [9.17, 15) is 9.59 Å². The van der Waals surface area contributed by atoms with Crippen LogP contribution >= 0.6 is 22.6 Å². The van der Waals surface area contributed by atoms with Gasteiger partial charge in [-0.3, -0.25) is 9.59 Å². The zero-order valence-corrected chi connectivity index (χ0v) is 13.6. The Morgan fingerprint density at radius 3 is 2.18 bits per heavy atom. The minimum Gasteiger partial charge on any atom is -0.325 e. The fourth-order valence-corrected chi connectivity index (χ4v) is 2.39. The summed E-state index contributed by atoms with van der Waals surface area (Å²) < 4.78 is 0.873. The van der Waals surface area contributed by atoms with E-state index < -0.39 is 0 Å². The van der Waals surface area contributed by atoms with E-state index >= 15 is 0 Å². The number of halogens is 1. The van der Waals surface area contributed by atoms with Crippen molar-refractivity contribution >= 4 is 45.8 Å². The van der Waals surface area contributed by atoms with Gasteiger partial charge in [0, 0.05) is 14.9 Å². The Hall–Kier alpha value is -2.40. The molecule has 0 aliphatic carbocycles. The van der Waals surface area contributed by atoms with Crippen molar-refractivity contribution in [1.82, 2.24) is 0 Å². The Morgan fingerprint density at radius 1 is 1.00 bits per heavy atom. The van der Waals surface area contributed by atoms with Crippen molar-refractivity contribution in [2.45, 2.75) is 6.42 Å². The second-order valence-corrected chi connectivity index (χ2v) is 5.56. The Morgan fingerprint density at radius 2 is 1.59 bits per heavy atom. The molecule has 0 aliphatic heterocycles. The summed E-state index contributed by atoms with van der Waals surface area (Å²) in [5.74, 6) is -0.551. The molecule has 0 aromatic heterocycles. The van der Waals surface area contributed by atoms with Gasteiger partial charge in [0.1, 0.15) is 6.42 Å². The molecular weight excluding hydrogens is 393 g/mol. The zero-order chi connectivity index (χ0) is 15.9. The first-order valence-electron chi connectivity index (χ1n) is 6.43. The second-order valence-electron chi connectivity index (χ2n) is 4.39. The monoisotopic (exact) mass is 405 g/mol. The minimum absolute atomic E-state index is 0.189. The summed E-state index contributed by atoms with van der Waals surface area (Å²) in [6.07, 6.45) is -0.190. The quantitative estimate of drug-likeness (QED) is 0.766. The average molecular weight is 405 g/mol. The number of nitrogens with zero attached hydrogens (tertiary/aromatic N) is 1. The lowest BCUT2D eigenvalue weighted by atomic mass is 10.2. The van der Waals surface area contributed by atoms with Crippen LogP contribution in [0.1, 0.15) is 16.8 Å². The molecule has 2 aromatic rings. The van der Waals surface area contributed by atoms with Gasteiger partial charge in [-0.2, -0.15) is 5.26 Å². The number of carbonyl (C=O) groups excluding carboxylic acids is 2. The van der Waals surface area contributed by atoms with Crippen LogP contribution in [0.15, 0.2) is 48.5 Å². The van der Waals surface area contributed by atoms with E-state index in [4.69, 9.17) is 5.26 Å². The lowest BCUT2D eigenvalue weighted by molar-refractivity contribution is -0.115. The number of nitrogens with one attached hydrogen (secondary N) is 2. The van der Waals surface area contributed by atoms with Crippen molar-refractivity contribution in [1.29, 1.82) is 5.26 Å². The summed E-state index contributed by atoms with van der Waals surface area (Å²) in [5, 5.41) is 13.8. The number of hydrogen-bond donors (Lipinski definition) is 2. The predicted octanol–water partition coefficient (Wildman–Crippen LogP) is 3.40. The maximum Gasteiger partial charge on any atom is 0.256 e. The normalized spacial score (nSPS) is 9.64. The van der Waals surface area contributed by atoms with Gasteiger partial charge in [0.2, 0.25) is 5.91 Å². The molecule has 0 fully saturated rings. The van der Waals surface area contributed by atoms with Crippen LogP contribution in [0.2, 0.25) is 0 Å². The first-order valence-corrected chi connectivity index (χ1v) is 7.51. The first-order chi connectivity index (χ1) is 10.6. The van der Waals surface area contributed by atoms with E-state index in [2.05, 4.69) is 33.2 Å². The van der Waals surface area contributed by atoms with Gasteiger partial charge in [0.25, 0.3) is 5.91 Å². The molecule has 0 spiro atoms. The maximum atomic E-state index is 12.2. The highest BCUT2D eigenvalue weighted by Crippen LogP contribution is 2.17. The lowest BCUT2D eigenvalue weighted by Gasteiger charge is -2.08. The van der Waals surface area contributed by atoms with Crippen LogP contribution in [0.4, 0.5) is 11.4 Å². The van der Waals surface area contributed by atoms with Crippen molar-refractivity contribution in [3.8, 4) is 6.07 Å². The maximum absolute atomic E-state index is 12.2. The summed E-state index contributed by atoms with van der Waals surface area (Å²) >= 11 is 2.11. The SMILES string of the molecule is N#CCC(=O)Nc1ccc(NC(=O)c2ccccc2I)cc1. The molecule has 0 bridgehead atoms. The first kappa shape index (κ1) is 16.0. The standard InChI is InChI=1S/C16H12IN3O2/c17-14-4-2-1-3-13(14)16(22)20-12-7-5-11(6-8-12)19-15(21)9-10-18/h1-8H,9H2,(H,19,21)(H,20,22). The Bertz CT molecular complexity index is 736. The molecule has 0 atom stereocenters. The molecule has 110 valence electrons. The second kappa shape index (κ2) is 7.56. The van der Waals surface area contributed by atoms with Gasteiger partial charge in [-0.25, -0.2) is 0 Å². The summed E-state index contributed by atoms with van der Waals surface area (Å²) in [7, 11) is 0. The van der Waals surface area contributed by atoms with Gasteiger partial charge >= 0.3 is 0 Å². The third-order valence-corrected chi connectivity index (χ3v) is 3.73. The Labute approximate surface area is 141 Å². The summed E-state index contributed by atoms with van der Waals surface area (Å²) in [6, 6.07) is 15.8. The summed E-state index contributed by atoms with van der Waals surface area (Å²) in [4.78, 5) is 23.5. The van der Waals surface area contributed by atoms with Crippen LogP contribution < -0.4 is 10.6 Å². The van der Waals surface area contributed by atoms with Gasteiger partial charge in [0.05, 0.1) is 11.6 Å². The van der Waals surface area contributed by atoms with Crippen LogP contribution in [-0.4, -0.2) is 11.8 Å². The number of anilines is 2. The number of benzene rings is 2. The van der Waals surface area contributed by atoms with Crippen LogP contribution in [0.3, 0.4) is 0 Å². The van der Waals surface area contributed by atoms with Gasteiger partial charge in [-0.05, 0) is 59.0 Å². The van der Waals surface area contributed by atoms with E-state index in [1.165, 1.54) is 0 Å². The molecule has 0 saturated carbocycles. The molecule has 0 aliphatic rings. The van der Waals surface area contributed by atoms with E-state index in [0.717, 1.165) is 3.57 Å². The van der Waals surface area contributed by atoms with Crippen LogP contribution in [0.25, 0.3) is 0 Å². The molecule has 2 amide bonds. The molecule has 5 nitrogen and oxygen atoms in total. The van der Waals surface area contributed by atoms with E-state index in [1.807, 2.05) is 18.2 Å². The molecule has 22 heavy (non-hydrogen) atoms. The van der Waals surface area contributed by atoms with E-state index in [1.54, 1.807) is 36.4 Å². The topological polar surface area (TPSA) is 82.0 Å². The van der Waals surface area contributed by atoms with Crippen molar-refractivity contribution < 1.29 is 9.59 Å². The van der Waals surface area contributed by atoms with Crippen molar-refractivity contribution in [2.24, 2.45) is 0 Å². The van der Waals surface area contributed by atoms with Crippen LogP contribution in [-0.2, 0) is 4.79 Å². The molecule has 0 radical (unpaired) electrons. The number of nitriles is 1. The van der Waals surface area contributed by atoms with Gasteiger partial charge in [0.15, 0.2) is 0 Å². The molecule has 0 saturated heterocycles. The average Bonchev–Trinajstić information content (AvgIpc) is 2.50. The lowest BCUT2D eigenvalue weighted by Crippen LogP contribution is -2.13. The molecule has 0 unspecified atom stereocenters. The number of hydrogen-bond acceptors (Lipinski definition) is 3. The van der Waals surface area contributed by atoms with Gasteiger partial charge in [-0.1, -0.05) is 12.1 Å². The highest BCUT2D eigenvalue weighted by Gasteiger charge is 2.09. The van der Waals surface area contributed by atoms with Gasteiger partial charge < -0.3 is 10.6 Å². The Kier molecular flexibility index (Phi) is 5.49. The fourth-order valence-electron chi connectivity index (χ4n) is 1.76. The summed E-state index contributed by atoms with van der Waals surface area (Å²) in [5.41, 5.74) is 1.81. The fraction of sp³-hybridized carbons (Fsp3) is 0.0625. The Balaban J connectivity index is 2.03. The number of amides is 2. The highest BCUT2D eigenvalue weighted by atomic mass is 127. The highest BCUT2D eigenvalue weighted by molar-refractivity contribution is 14.1. The van der Waals surface area contributed by atoms with Gasteiger partial charge in [-0.15, -0.1) is 0 Å². The van der Waals surface area contributed by atoms with E-state index in [-0.39, 0.29) is 18.2 Å². The van der Waals surface area contributed by atoms with Crippen molar-refractivity contribution in [3.05, 3.63) is 57.7 Å². The predicted molar refractivity (Wildman–Crippen MR) is 92.4 cm³/mol. The van der Waals surface area contributed by atoms with Crippen LogP contribution in [0.5, 0.6) is 0 Å². The molecule has 0 heterocycles.